The highest BCUT2D eigenvalue weighted by Crippen LogP contribution is 2.48. The third-order valence-electron chi connectivity index (χ3n) is 6.21. The number of rotatable bonds is 14. The van der Waals surface area contributed by atoms with Gasteiger partial charge in [-0.15, -0.1) is 0 Å². The Balaban J connectivity index is 1.87. The molecule has 1 aromatic carbocycles. The van der Waals surface area contributed by atoms with Crippen molar-refractivity contribution in [1.29, 1.82) is 0 Å². The number of carbonyl (C=O) groups excluding carboxylic acids is 2. The summed E-state index contributed by atoms with van der Waals surface area (Å²) in [6, 6.07) is 6.00. The van der Waals surface area contributed by atoms with Crippen LogP contribution in [0.4, 0.5) is 4.39 Å². The third-order valence-corrected chi connectivity index (χ3v) is 7.82. The number of carbonyl (C=O) groups is 2. The minimum Gasteiger partial charge on any atom is -0.463 e. The average Bonchev–Trinajstić information content (AvgIpc) is 3.15. The van der Waals surface area contributed by atoms with E-state index in [0.29, 0.717) is 10.1 Å². The van der Waals surface area contributed by atoms with Gasteiger partial charge >= 0.3 is 25.4 Å². The fourth-order valence-corrected chi connectivity index (χ4v) is 5.70. The number of nitrogens with zero attached hydrogens (tertiary/aromatic N) is 1. The van der Waals surface area contributed by atoms with Crippen molar-refractivity contribution in [1.82, 2.24) is 14.6 Å². The molecular formula is C27H38FN4O11P. The number of esters is 2. The number of aliphatic hydroxyl groups excluding tert-OH is 1. The van der Waals surface area contributed by atoms with Gasteiger partial charge < -0.3 is 23.8 Å². The molecule has 0 amide bonds. The van der Waals surface area contributed by atoms with Crippen LogP contribution < -0.4 is 26.6 Å². The number of hydrogen-bond donors (Lipinski definition) is 4. The Morgan fingerprint density at radius 3 is 2.45 bits per heavy atom. The molecule has 2 heterocycles. The van der Waals surface area contributed by atoms with Crippen molar-refractivity contribution in [2.24, 2.45) is 5.73 Å². The van der Waals surface area contributed by atoms with E-state index in [0.717, 1.165) is 12.3 Å². The molecule has 1 aromatic heterocycles. The highest BCUT2D eigenvalue weighted by molar-refractivity contribution is 7.52. The van der Waals surface area contributed by atoms with Gasteiger partial charge in [-0.05, 0) is 52.7 Å². The topological polar surface area (TPSA) is 210 Å². The van der Waals surface area contributed by atoms with Gasteiger partial charge in [-0.2, -0.15) is 5.09 Å². The second-order valence-electron chi connectivity index (χ2n) is 10.7. The number of aromatic amines is 1. The fraction of sp³-hybridized carbons (Fsp3) is 0.556. The molecule has 3 unspecified atom stereocenters. The molecule has 0 bridgehead atoms. The van der Waals surface area contributed by atoms with Crippen LogP contribution >= 0.6 is 7.75 Å². The molecule has 5 N–H and O–H groups in total. The maximum absolute atomic E-state index is 15.2. The van der Waals surface area contributed by atoms with Crippen LogP contribution in [0.15, 0.2) is 46.1 Å². The predicted octanol–water partition coefficient (Wildman–Crippen LogP) is 1.44. The normalized spacial score (nSPS) is 23.7. The van der Waals surface area contributed by atoms with Gasteiger partial charge in [-0.3, -0.25) is 34.2 Å². The number of H-pyrrole nitrogens is 1. The van der Waals surface area contributed by atoms with E-state index in [1.165, 1.54) is 13.0 Å². The SMILES string of the molecule is CC(C)OC(=O)CCc1ccccc1OP(=O)(NC(C)C(=O)OC(C)C)OC[C@@]1(N)OC(n2ccc(=O)[nH]c2=O)[C@H](F)[C@@H]1O. The number of aromatic nitrogens is 2. The Labute approximate surface area is 252 Å². The van der Waals surface area contributed by atoms with Crippen LogP contribution in [0.25, 0.3) is 0 Å². The Hall–Kier alpha value is -3.40. The van der Waals surface area contributed by atoms with Crippen LogP contribution in [-0.4, -0.2) is 69.5 Å². The first-order chi connectivity index (χ1) is 20.5. The van der Waals surface area contributed by atoms with Gasteiger partial charge in [0, 0.05) is 18.7 Å². The largest absolute Gasteiger partial charge is 0.463 e. The lowest BCUT2D eigenvalue weighted by atomic mass is 10.1. The summed E-state index contributed by atoms with van der Waals surface area (Å²) in [4.78, 5) is 50.2. The van der Waals surface area contributed by atoms with Gasteiger partial charge in [0.15, 0.2) is 18.1 Å². The Kier molecular flexibility index (Phi) is 11.6. The monoisotopic (exact) mass is 644 g/mol. The van der Waals surface area contributed by atoms with Gasteiger partial charge in [0.05, 0.1) is 12.2 Å². The van der Waals surface area contributed by atoms with Crippen LogP contribution in [-0.2, 0) is 39.3 Å². The molecule has 0 radical (unpaired) electrons. The molecule has 244 valence electrons. The first-order valence-electron chi connectivity index (χ1n) is 13.8. The lowest BCUT2D eigenvalue weighted by Crippen LogP contribution is -2.54. The van der Waals surface area contributed by atoms with Crippen molar-refractivity contribution in [3.63, 3.8) is 0 Å². The van der Waals surface area contributed by atoms with E-state index in [1.807, 2.05) is 4.98 Å². The summed E-state index contributed by atoms with van der Waals surface area (Å²) in [6.45, 7) is 7.04. The van der Waals surface area contributed by atoms with Crippen LogP contribution in [0.3, 0.4) is 0 Å². The summed E-state index contributed by atoms with van der Waals surface area (Å²) in [5.41, 5.74) is 2.44. The number of alkyl halides is 1. The first kappa shape index (κ1) is 35.1. The van der Waals surface area contributed by atoms with E-state index in [1.54, 1.807) is 45.9 Å². The minimum atomic E-state index is -4.62. The zero-order chi connectivity index (χ0) is 32.8. The summed E-state index contributed by atoms with van der Waals surface area (Å²) >= 11 is 0. The number of nitrogens with two attached hydrogens (primary N) is 1. The molecule has 6 atom stereocenters. The van der Waals surface area contributed by atoms with Crippen molar-refractivity contribution in [3.05, 3.63) is 62.9 Å². The molecule has 17 heteroatoms. The molecule has 15 nitrogen and oxygen atoms in total. The molecular weight excluding hydrogens is 606 g/mol. The maximum atomic E-state index is 15.2. The van der Waals surface area contributed by atoms with Gasteiger partial charge in [0.1, 0.15) is 24.5 Å². The van der Waals surface area contributed by atoms with E-state index < -0.39 is 73.9 Å². The van der Waals surface area contributed by atoms with Crippen LogP contribution in [0.2, 0.25) is 0 Å². The van der Waals surface area contributed by atoms with Crippen LogP contribution in [0.5, 0.6) is 5.75 Å². The zero-order valence-electron chi connectivity index (χ0n) is 24.9. The summed E-state index contributed by atoms with van der Waals surface area (Å²) in [5.74, 6) is -1.24. The number of para-hydroxylation sites is 1. The average molecular weight is 645 g/mol. The number of ether oxygens (including phenoxy) is 3. The van der Waals surface area contributed by atoms with E-state index in [-0.39, 0.29) is 24.7 Å². The molecule has 44 heavy (non-hydrogen) atoms. The smallest absolute Gasteiger partial charge is 0.459 e. The molecule has 1 aliphatic rings. The van der Waals surface area contributed by atoms with Crippen molar-refractivity contribution in [2.45, 2.75) is 89.9 Å². The maximum Gasteiger partial charge on any atom is 0.459 e. The molecule has 0 saturated carbocycles. The number of aryl methyl sites for hydroxylation is 1. The molecule has 1 aliphatic heterocycles. The number of nitrogens with one attached hydrogen (secondary N) is 2. The zero-order valence-corrected chi connectivity index (χ0v) is 25.8. The van der Waals surface area contributed by atoms with Crippen molar-refractivity contribution in [3.8, 4) is 5.75 Å². The molecule has 0 aliphatic carbocycles. The number of halogens is 1. The molecule has 0 spiro atoms. The second kappa shape index (κ2) is 14.6. The van der Waals surface area contributed by atoms with Crippen LogP contribution in [0, 0.1) is 0 Å². The summed E-state index contributed by atoms with van der Waals surface area (Å²) in [6.07, 6.45) is -5.89. The Bertz CT molecular complexity index is 1480. The van der Waals surface area contributed by atoms with Crippen LogP contribution in [0.1, 0.15) is 52.8 Å². The number of aliphatic hydroxyl groups is 1. The van der Waals surface area contributed by atoms with E-state index >= 15 is 4.39 Å². The van der Waals surface area contributed by atoms with E-state index in [4.69, 9.17) is 29.0 Å². The predicted molar refractivity (Wildman–Crippen MR) is 153 cm³/mol. The van der Waals surface area contributed by atoms with Gasteiger partial charge in [-0.25, -0.2) is 13.8 Å². The highest BCUT2D eigenvalue weighted by atomic mass is 31.2. The molecule has 1 saturated heterocycles. The minimum absolute atomic E-state index is 0.0186. The van der Waals surface area contributed by atoms with Crippen molar-refractivity contribution >= 4 is 19.7 Å². The highest BCUT2D eigenvalue weighted by Gasteiger charge is 2.55. The van der Waals surface area contributed by atoms with Gasteiger partial charge in [-0.1, -0.05) is 18.2 Å². The second-order valence-corrected chi connectivity index (χ2v) is 12.4. The standard InChI is InChI=1S/C27H38FN4O11P/c1-15(2)40-21(34)11-10-18-8-6-7-9-19(18)43-44(38,31-17(5)25(36)41-16(3)4)39-14-27(29)23(35)22(28)24(42-27)32-13-12-20(33)30-26(32)37/h6-9,12-13,15-17,22-24,35H,10-11,14,29H2,1-5H3,(H,31,38)(H,30,33,37)/t17?,22-,23+,24?,27-,44?/m1/s1. The van der Waals surface area contributed by atoms with Crippen molar-refractivity contribution < 1.29 is 46.9 Å². The summed E-state index contributed by atoms with van der Waals surface area (Å²) in [7, 11) is -4.62. The van der Waals surface area contributed by atoms with Gasteiger partial charge in [0.2, 0.25) is 0 Å². The molecule has 3 rings (SSSR count). The van der Waals surface area contributed by atoms with E-state index in [2.05, 4.69) is 5.09 Å². The summed E-state index contributed by atoms with van der Waals surface area (Å²) in [5, 5.41) is 13.1. The lowest BCUT2D eigenvalue weighted by molar-refractivity contribution is -0.149. The fourth-order valence-electron chi connectivity index (χ4n) is 4.13. The van der Waals surface area contributed by atoms with Crippen molar-refractivity contribution in [2.75, 3.05) is 6.61 Å². The Morgan fingerprint density at radius 1 is 1.16 bits per heavy atom. The third kappa shape index (κ3) is 9.06. The quantitative estimate of drug-likeness (QED) is 0.170. The van der Waals surface area contributed by atoms with Gasteiger partial charge in [0.25, 0.3) is 5.56 Å². The lowest BCUT2D eigenvalue weighted by Gasteiger charge is -2.30. The summed E-state index contributed by atoms with van der Waals surface area (Å²) < 4.78 is 57.0. The first-order valence-corrected chi connectivity index (χ1v) is 15.4. The number of hydrogen-bond acceptors (Lipinski definition) is 12. The number of benzene rings is 1. The van der Waals surface area contributed by atoms with E-state index in [9.17, 15) is 28.8 Å². The molecule has 1 fully saturated rings. The molecule has 2 aromatic rings. The Morgan fingerprint density at radius 2 is 1.82 bits per heavy atom.